The molecule has 1 N–H and O–H groups in total. The van der Waals surface area contributed by atoms with Gasteiger partial charge in [-0.05, 0) is 80.3 Å². The average Bonchev–Trinajstić information content (AvgIpc) is 2.42. The second-order valence-electron chi connectivity index (χ2n) is 5.56. The Kier molecular flexibility index (Phi) is 4.98. The van der Waals surface area contributed by atoms with Crippen molar-refractivity contribution in [1.29, 1.82) is 0 Å². The van der Waals surface area contributed by atoms with Crippen molar-refractivity contribution in [2.45, 2.75) is 33.7 Å². The van der Waals surface area contributed by atoms with Crippen LogP contribution in [-0.2, 0) is 0 Å². The molecule has 0 radical (unpaired) electrons. The van der Waals surface area contributed by atoms with Gasteiger partial charge in [0.2, 0.25) is 0 Å². The molecule has 0 aliphatic heterocycles. The molecule has 1 unspecified atom stereocenters. The van der Waals surface area contributed by atoms with E-state index in [0.29, 0.717) is 10.0 Å². The van der Waals surface area contributed by atoms with E-state index in [2.05, 4.69) is 39.1 Å². The summed E-state index contributed by atoms with van der Waals surface area (Å²) < 4.78 is 0. The molecule has 3 heteroatoms. The quantitative estimate of drug-likeness (QED) is 0.783. The van der Waals surface area contributed by atoms with Crippen molar-refractivity contribution >= 4 is 23.2 Å². The summed E-state index contributed by atoms with van der Waals surface area (Å²) >= 11 is 12.4. The van der Waals surface area contributed by atoms with Crippen molar-refractivity contribution < 1.29 is 0 Å². The van der Waals surface area contributed by atoms with Crippen LogP contribution in [0.1, 0.15) is 39.4 Å². The summed E-state index contributed by atoms with van der Waals surface area (Å²) in [7, 11) is 1.96. The van der Waals surface area contributed by atoms with Crippen LogP contribution in [0.3, 0.4) is 0 Å². The Labute approximate surface area is 137 Å². The Morgan fingerprint density at radius 2 is 1.48 bits per heavy atom. The predicted molar refractivity (Wildman–Crippen MR) is 92.8 cm³/mol. The molecule has 112 valence electrons. The largest absolute Gasteiger partial charge is 0.309 e. The molecule has 1 nitrogen and oxygen atoms in total. The molecule has 0 spiro atoms. The molecule has 0 saturated carbocycles. The lowest BCUT2D eigenvalue weighted by atomic mass is 9.87. The first-order valence-electron chi connectivity index (χ1n) is 7.06. The van der Waals surface area contributed by atoms with Crippen LogP contribution in [0.5, 0.6) is 0 Å². The summed E-state index contributed by atoms with van der Waals surface area (Å²) in [5.41, 5.74) is 7.59. The van der Waals surface area contributed by atoms with E-state index in [9.17, 15) is 0 Å². The van der Waals surface area contributed by atoms with Gasteiger partial charge in [-0.3, -0.25) is 0 Å². The molecule has 21 heavy (non-hydrogen) atoms. The lowest BCUT2D eigenvalue weighted by Crippen LogP contribution is -2.21. The summed E-state index contributed by atoms with van der Waals surface area (Å²) in [5.74, 6) is 0. The van der Waals surface area contributed by atoms with Gasteiger partial charge < -0.3 is 5.32 Å². The molecule has 0 aromatic heterocycles. The smallest absolute Gasteiger partial charge is 0.0594 e. The molecule has 1 atom stereocenters. The highest BCUT2D eigenvalue weighted by Gasteiger charge is 2.21. The van der Waals surface area contributed by atoms with Gasteiger partial charge in [0.25, 0.3) is 0 Å². The van der Waals surface area contributed by atoms with Crippen molar-refractivity contribution in [1.82, 2.24) is 5.32 Å². The van der Waals surface area contributed by atoms with Gasteiger partial charge in [0, 0.05) is 10.0 Å². The number of halogens is 2. The first-order chi connectivity index (χ1) is 9.86. The van der Waals surface area contributed by atoms with Crippen molar-refractivity contribution in [2.24, 2.45) is 0 Å². The van der Waals surface area contributed by atoms with Gasteiger partial charge >= 0.3 is 0 Å². The van der Waals surface area contributed by atoms with Crippen LogP contribution >= 0.6 is 23.2 Å². The fourth-order valence-electron chi connectivity index (χ4n) is 2.87. The van der Waals surface area contributed by atoms with E-state index in [1.165, 1.54) is 27.8 Å². The molecule has 2 aromatic carbocycles. The normalized spacial score (nSPS) is 12.5. The highest BCUT2D eigenvalue weighted by Crippen LogP contribution is 2.35. The second kappa shape index (κ2) is 6.39. The van der Waals surface area contributed by atoms with E-state index in [0.717, 1.165) is 5.56 Å². The topological polar surface area (TPSA) is 12.0 Å². The zero-order chi connectivity index (χ0) is 15.7. The van der Waals surface area contributed by atoms with E-state index < -0.39 is 0 Å². The molecule has 2 rings (SSSR count). The Balaban J connectivity index is 2.67. The minimum absolute atomic E-state index is 0.0633. The Bertz CT molecular complexity index is 651. The first-order valence-corrected chi connectivity index (χ1v) is 7.82. The number of hydrogen-bond donors (Lipinski definition) is 1. The fraction of sp³-hybridized carbons (Fsp3) is 0.333. The van der Waals surface area contributed by atoms with Gasteiger partial charge in [0.05, 0.1) is 6.04 Å². The maximum absolute atomic E-state index is 6.41. The zero-order valence-electron chi connectivity index (χ0n) is 13.1. The summed E-state index contributed by atoms with van der Waals surface area (Å²) in [5, 5.41) is 4.76. The Morgan fingerprint density at radius 1 is 0.905 bits per heavy atom. The summed E-state index contributed by atoms with van der Waals surface area (Å²) in [6.45, 7) is 8.65. The number of nitrogens with one attached hydrogen (secondary N) is 1. The molecule has 0 bridgehead atoms. The summed E-state index contributed by atoms with van der Waals surface area (Å²) in [6, 6.07) is 8.00. The maximum Gasteiger partial charge on any atom is 0.0594 e. The summed E-state index contributed by atoms with van der Waals surface area (Å²) in [4.78, 5) is 0. The lowest BCUT2D eigenvalue weighted by Gasteiger charge is -2.25. The van der Waals surface area contributed by atoms with Crippen LogP contribution in [0.2, 0.25) is 10.0 Å². The van der Waals surface area contributed by atoms with E-state index in [1.54, 1.807) is 6.07 Å². The third-order valence-corrected chi connectivity index (χ3v) is 4.84. The van der Waals surface area contributed by atoms with Crippen molar-refractivity contribution in [2.75, 3.05) is 7.05 Å². The zero-order valence-corrected chi connectivity index (χ0v) is 14.7. The van der Waals surface area contributed by atoms with E-state index in [4.69, 9.17) is 23.2 Å². The monoisotopic (exact) mass is 321 g/mol. The van der Waals surface area contributed by atoms with E-state index in [-0.39, 0.29) is 6.04 Å². The maximum atomic E-state index is 6.41. The average molecular weight is 322 g/mol. The first kappa shape index (κ1) is 16.4. The van der Waals surface area contributed by atoms with Crippen LogP contribution < -0.4 is 5.32 Å². The molecule has 0 saturated heterocycles. The SMILES string of the molecule is CNC(c1ccc(Cl)cc1Cl)c1c(C)c(C)cc(C)c1C. The lowest BCUT2D eigenvalue weighted by molar-refractivity contribution is 0.681. The fourth-order valence-corrected chi connectivity index (χ4v) is 3.39. The Morgan fingerprint density at radius 3 is 1.95 bits per heavy atom. The standard InChI is InChI=1S/C18H21Cl2N/c1-10-8-11(2)13(4)17(12(10)3)18(21-5)15-7-6-14(19)9-16(15)20/h6-9,18,21H,1-5H3. The molecule has 0 heterocycles. The molecule has 0 amide bonds. The third-order valence-electron chi connectivity index (χ3n) is 4.27. The van der Waals surface area contributed by atoms with Crippen LogP contribution in [0.15, 0.2) is 24.3 Å². The Hall–Kier alpha value is -1.02. The van der Waals surface area contributed by atoms with Crippen LogP contribution in [0.25, 0.3) is 0 Å². The second-order valence-corrected chi connectivity index (χ2v) is 6.41. The number of aryl methyl sites for hydroxylation is 2. The number of hydrogen-bond acceptors (Lipinski definition) is 1. The highest BCUT2D eigenvalue weighted by atomic mass is 35.5. The van der Waals surface area contributed by atoms with Crippen molar-refractivity contribution in [3.8, 4) is 0 Å². The highest BCUT2D eigenvalue weighted by molar-refractivity contribution is 6.35. The van der Waals surface area contributed by atoms with Gasteiger partial charge in [-0.2, -0.15) is 0 Å². The number of benzene rings is 2. The minimum atomic E-state index is 0.0633. The summed E-state index contributed by atoms with van der Waals surface area (Å²) in [6.07, 6.45) is 0. The van der Waals surface area contributed by atoms with Gasteiger partial charge in [0.1, 0.15) is 0 Å². The van der Waals surface area contributed by atoms with Crippen LogP contribution in [0, 0.1) is 27.7 Å². The minimum Gasteiger partial charge on any atom is -0.309 e. The molecular weight excluding hydrogens is 301 g/mol. The molecule has 0 aliphatic carbocycles. The van der Waals surface area contributed by atoms with Crippen molar-refractivity contribution in [3.63, 3.8) is 0 Å². The van der Waals surface area contributed by atoms with E-state index >= 15 is 0 Å². The van der Waals surface area contributed by atoms with E-state index in [1.807, 2.05) is 19.2 Å². The third kappa shape index (κ3) is 3.11. The van der Waals surface area contributed by atoms with Crippen LogP contribution in [-0.4, -0.2) is 7.05 Å². The molecule has 0 aliphatic rings. The van der Waals surface area contributed by atoms with Gasteiger partial charge in [-0.1, -0.05) is 35.3 Å². The molecular formula is C18H21Cl2N. The van der Waals surface area contributed by atoms with Gasteiger partial charge in [-0.25, -0.2) is 0 Å². The molecule has 2 aromatic rings. The number of rotatable bonds is 3. The van der Waals surface area contributed by atoms with Crippen molar-refractivity contribution in [3.05, 3.63) is 67.7 Å². The van der Waals surface area contributed by atoms with Crippen LogP contribution in [0.4, 0.5) is 0 Å². The molecule has 0 fully saturated rings. The van der Waals surface area contributed by atoms with Gasteiger partial charge in [0.15, 0.2) is 0 Å². The predicted octanol–water partition coefficient (Wildman–Crippen LogP) is 5.54. The van der Waals surface area contributed by atoms with Gasteiger partial charge in [-0.15, -0.1) is 0 Å².